The van der Waals surface area contributed by atoms with Crippen molar-refractivity contribution in [2.75, 3.05) is 0 Å². The summed E-state index contributed by atoms with van der Waals surface area (Å²) in [5.41, 5.74) is 1.74. The predicted molar refractivity (Wildman–Crippen MR) is 67.6 cm³/mol. The van der Waals surface area contributed by atoms with Crippen LogP contribution in [-0.2, 0) is 6.61 Å². The number of rotatable bonds is 3. The third-order valence-electron chi connectivity index (χ3n) is 2.19. The van der Waals surface area contributed by atoms with E-state index in [0.717, 1.165) is 5.56 Å². The molecule has 0 bridgehead atoms. The van der Waals surface area contributed by atoms with Crippen molar-refractivity contribution < 1.29 is 4.74 Å². The number of hydrogen-bond donors (Lipinski definition) is 0. The van der Waals surface area contributed by atoms with E-state index in [4.69, 9.17) is 24.2 Å². The lowest BCUT2D eigenvalue weighted by Crippen LogP contribution is -2.02. The van der Waals surface area contributed by atoms with Crippen molar-refractivity contribution in [3.8, 4) is 5.75 Å². The molecule has 3 heteroatoms. The Kier molecular flexibility index (Phi) is 3.52. The van der Waals surface area contributed by atoms with Gasteiger partial charge in [-0.2, -0.15) is 0 Å². The maximum Gasteiger partial charge on any atom is 0.138 e. The zero-order chi connectivity index (χ0) is 11.4. The fourth-order valence-electron chi connectivity index (χ4n) is 1.37. The van der Waals surface area contributed by atoms with Crippen molar-refractivity contribution in [1.82, 2.24) is 0 Å². The Balaban J connectivity index is 2.05. The maximum atomic E-state index is 5.99. The molecule has 0 spiro atoms. The number of benzene rings is 2. The van der Waals surface area contributed by atoms with Gasteiger partial charge >= 0.3 is 0 Å². The van der Waals surface area contributed by atoms with Crippen LogP contribution in [0.5, 0.6) is 5.75 Å². The van der Waals surface area contributed by atoms with Gasteiger partial charge in [0.05, 0.1) is 5.02 Å². The van der Waals surface area contributed by atoms with Gasteiger partial charge < -0.3 is 4.74 Å². The van der Waals surface area contributed by atoms with E-state index in [9.17, 15) is 0 Å². The Morgan fingerprint density at radius 3 is 2.50 bits per heavy atom. The number of hydrogen-bond acceptors (Lipinski definition) is 1. The molecule has 0 saturated carbocycles. The normalized spacial score (nSPS) is 10.1. The third kappa shape index (κ3) is 2.80. The Morgan fingerprint density at radius 2 is 1.81 bits per heavy atom. The van der Waals surface area contributed by atoms with E-state index in [2.05, 4.69) is 0 Å². The first-order chi connectivity index (χ1) is 7.75. The van der Waals surface area contributed by atoms with Crippen molar-refractivity contribution in [3.63, 3.8) is 0 Å². The quantitative estimate of drug-likeness (QED) is 0.734. The lowest BCUT2D eigenvalue weighted by molar-refractivity contribution is 0.306. The Bertz CT molecular complexity index is 471. The van der Waals surface area contributed by atoms with Crippen LogP contribution in [0.15, 0.2) is 48.5 Å². The average molecular weight is 228 g/mol. The molecule has 0 amide bonds. The molecule has 0 aliphatic carbocycles. The molecule has 2 aromatic carbocycles. The molecule has 78 valence electrons. The van der Waals surface area contributed by atoms with E-state index < -0.39 is 0 Å². The number of halogens is 1. The molecular formula is C13H10BClO. The third-order valence-corrected chi connectivity index (χ3v) is 2.49. The highest BCUT2D eigenvalue weighted by Gasteiger charge is 2.01. The van der Waals surface area contributed by atoms with Crippen LogP contribution >= 0.6 is 11.6 Å². The van der Waals surface area contributed by atoms with Crippen LogP contribution in [0, 0.1) is 0 Å². The minimum atomic E-state index is 0.504. The summed E-state index contributed by atoms with van der Waals surface area (Å²) >= 11 is 5.99. The van der Waals surface area contributed by atoms with Crippen molar-refractivity contribution in [2.24, 2.45) is 0 Å². The molecule has 2 radical (unpaired) electrons. The molecule has 0 aromatic heterocycles. The Hall–Kier alpha value is -1.41. The van der Waals surface area contributed by atoms with Crippen LogP contribution in [0.25, 0.3) is 0 Å². The summed E-state index contributed by atoms with van der Waals surface area (Å²) in [5.74, 6) is 0.653. The van der Waals surface area contributed by atoms with Crippen LogP contribution in [-0.4, -0.2) is 7.85 Å². The lowest BCUT2D eigenvalue weighted by atomic mass is 9.97. The first kappa shape index (κ1) is 11.1. The summed E-state index contributed by atoms with van der Waals surface area (Å²) in [6.07, 6.45) is 0. The van der Waals surface area contributed by atoms with E-state index in [0.29, 0.717) is 22.8 Å². The summed E-state index contributed by atoms with van der Waals surface area (Å²) in [5, 5.41) is 0.538. The smallest absolute Gasteiger partial charge is 0.138 e. The minimum absolute atomic E-state index is 0.504. The molecule has 0 atom stereocenters. The van der Waals surface area contributed by atoms with Crippen LogP contribution in [0.2, 0.25) is 5.02 Å². The van der Waals surface area contributed by atoms with Crippen LogP contribution in [0.4, 0.5) is 0 Å². The molecule has 0 unspecified atom stereocenters. The average Bonchev–Trinajstić information content (AvgIpc) is 2.29. The second-order valence-electron chi connectivity index (χ2n) is 3.46. The van der Waals surface area contributed by atoms with E-state index in [-0.39, 0.29) is 0 Å². The summed E-state index contributed by atoms with van der Waals surface area (Å²) in [6.45, 7) is 0.504. The summed E-state index contributed by atoms with van der Waals surface area (Å²) in [7, 11) is 5.59. The number of ether oxygens (including phenoxy) is 1. The zero-order valence-corrected chi connectivity index (χ0v) is 9.45. The highest BCUT2D eigenvalue weighted by molar-refractivity contribution is 6.37. The van der Waals surface area contributed by atoms with Crippen LogP contribution in [0.1, 0.15) is 5.56 Å². The van der Waals surface area contributed by atoms with Gasteiger partial charge in [0.1, 0.15) is 20.2 Å². The molecule has 0 fully saturated rings. The van der Waals surface area contributed by atoms with Gasteiger partial charge in [0.2, 0.25) is 0 Å². The van der Waals surface area contributed by atoms with Crippen LogP contribution < -0.4 is 10.2 Å². The minimum Gasteiger partial charge on any atom is -0.487 e. The molecule has 2 aromatic rings. The van der Waals surface area contributed by atoms with Crippen molar-refractivity contribution >= 4 is 24.9 Å². The Morgan fingerprint density at radius 1 is 1.06 bits per heavy atom. The van der Waals surface area contributed by atoms with E-state index >= 15 is 0 Å². The second kappa shape index (κ2) is 5.08. The Labute approximate surface area is 101 Å². The van der Waals surface area contributed by atoms with Gasteiger partial charge in [-0.15, -0.1) is 0 Å². The van der Waals surface area contributed by atoms with Gasteiger partial charge in [-0.3, -0.25) is 0 Å². The van der Waals surface area contributed by atoms with Gasteiger partial charge in [0, 0.05) is 0 Å². The standard InChI is InChI=1S/C13H10BClO/c14-11-6-7-13(12(15)8-11)16-9-10-4-2-1-3-5-10/h1-8H,9H2. The second-order valence-corrected chi connectivity index (χ2v) is 3.87. The fraction of sp³-hybridized carbons (Fsp3) is 0.0769. The van der Waals surface area contributed by atoms with E-state index in [1.165, 1.54) is 0 Å². The van der Waals surface area contributed by atoms with Gasteiger partial charge in [-0.05, 0) is 17.7 Å². The summed E-state index contributed by atoms with van der Waals surface area (Å²) in [6, 6.07) is 15.2. The summed E-state index contributed by atoms with van der Waals surface area (Å²) < 4.78 is 5.59. The first-order valence-corrected chi connectivity index (χ1v) is 5.35. The van der Waals surface area contributed by atoms with Crippen molar-refractivity contribution in [3.05, 3.63) is 59.1 Å². The predicted octanol–water partition coefficient (Wildman–Crippen LogP) is 2.71. The topological polar surface area (TPSA) is 9.23 Å². The van der Waals surface area contributed by atoms with Crippen LogP contribution in [0.3, 0.4) is 0 Å². The lowest BCUT2D eigenvalue weighted by Gasteiger charge is -2.08. The van der Waals surface area contributed by atoms with Gasteiger partial charge in [0.15, 0.2) is 0 Å². The SMILES string of the molecule is [B]c1ccc(OCc2ccccc2)c(Cl)c1. The molecule has 0 aliphatic rings. The molecular weight excluding hydrogens is 218 g/mol. The fourth-order valence-corrected chi connectivity index (χ4v) is 1.61. The molecule has 2 rings (SSSR count). The highest BCUT2D eigenvalue weighted by atomic mass is 35.5. The first-order valence-electron chi connectivity index (χ1n) is 4.97. The van der Waals surface area contributed by atoms with Crippen molar-refractivity contribution in [1.29, 1.82) is 0 Å². The molecule has 0 saturated heterocycles. The summed E-state index contributed by atoms with van der Waals surface area (Å²) in [4.78, 5) is 0. The largest absolute Gasteiger partial charge is 0.487 e. The van der Waals surface area contributed by atoms with Gasteiger partial charge in [0.25, 0.3) is 0 Å². The van der Waals surface area contributed by atoms with Gasteiger partial charge in [-0.1, -0.05) is 53.5 Å². The van der Waals surface area contributed by atoms with Crippen molar-refractivity contribution in [2.45, 2.75) is 6.61 Å². The highest BCUT2D eigenvalue weighted by Crippen LogP contribution is 2.23. The molecule has 16 heavy (non-hydrogen) atoms. The molecule has 0 aliphatic heterocycles. The maximum absolute atomic E-state index is 5.99. The zero-order valence-electron chi connectivity index (χ0n) is 8.69. The monoisotopic (exact) mass is 228 g/mol. The molecule has 0 N–H and O–H groups in total. The van der Waals surface area contributed by atoms with Gasteiger partial charge in [-0.25, -0.2) is 0 Å². The molecule has 0 heterocycles. The van der Waals surface area contributed by atoms with E-state index in [1.807, 2.05) is 30.3 Å². The molecule has 1 nitrogen and oxygen atoms in total. The van der Waals surface area contributed by atoms with E-state index in [1.54, 1.807) is 18.2 Å².